The number of benzene rings is 1. The van der Waals surface area contributed by atoms with Gasteiger partial charge in [-0.1, -0.05) is 6.07 Å². The van der Waals surface area contributed by atoms with E-state index in [1.54, 1.807) is 13.3 Å². The average molecular weight is 275 g/mol. The number of methoxy groups -OCH3 is 1. The van der Waals surface area contributed by atoms with Gasteiger partial charge >= 0.3 is 0 Å². The molecule has 0 amide bonds. The largest absolute Gasteiger partial charge is 0.493 e. The number of ether oxygens (including phenoxy) is 2. The Morgan fingerprint density at radius 3 is 2.80 bits per heavy atom. The van der Waals surface area contributed by atoms with Crippen molar-refractivity contribution in [1.29, 1.82) is 0 Å². The smallest absolute Gasteiger partial charge is 0.161 e. The number of aromatic nitrogens is 2. The van der Waals surface area contributed by atoms with Crippen molar-refractivity contribution in [1.82, 2.24) is 14.9 Å². The van der Waals surface area contributed by atoms with E-state index in [1.807, 2.05) is 43.1 Å². The molecular formula is C15H21N3O2. The van der Waals surface area contributed by atoms with Crippen molar-refractivity contribution in [2.75, 3.05) is 20.8 Å². The van der Waals surface area contributed by atoms with E-state index in [2.05, 4.69) is 10.3 Å². The van der Waals surface area contributed by atoms with Gasteiger partial charge in [-0.15, -0.1) is 0 Å². The number of hydrogen-bond acceptors (Lipinski definition) is 4. The molecule has 0 radical (unpaired) electrons. The van der Waals surface area contributed by atoms with Crippen LogP contribution in [0.4, 0.5) is 0 Å². The topological polar surface area (TPSA) is 48.3 Å². The fourth-order valence-corrected chi connectivity index (χ4v) is 2.04. The van der Waals surface area contributed by atoms with Gasteiger partial charge in [-0.2, -0.15) is 0 Å². The predicted molar refractivity (Wildman–Crippen MR) is 78.2 cm³/mol. The van der Waals surface area contributed by atoms with Gasteiger partial charge in [-0.05, 0) is 24.7 Å². The Hall–Kier alpha value is -2.01. The average Bonchev–Trinajstić information content (AvgIpc) is 2.85. The molecule has 0 spiro atoms. The summed E-state index contributed by atoms with van der Waals surface area (Å²) in [5.41, 5.74) is 1.17. The second kappa shape index (κ2) is 6.96. The highest BCUT2D eigenvalue weighted by Crippen LogP contribution is 2.28. The van der Waals surface area contributed by atoms with Crippen LogP contribution >= 0.6 is 0 Å². The van der Waals surface area contributed by atoms with Crippen molar-refractivity contribution in [3.05, 3.63) is 42.0 Å². The maximum absolute atomic E-state index is 5.84. The van der Waals surface area contributed by atoms with Crippen molar-refractivity contribution >= 4 is 0 Å². The molecule has 0 aliphatic rings. The van der Waals surface area contributed by atoms with Gasteiger partial charge in [-0.3, -0.25) is 0 Å². The number of nitrogens with one attached hydrogen (secondary N) is 1. The second-order valence-corrected chi connectivity index (χ2v) is 4.57. The van der Waals surface area contributed by atoms with E-state index in [1.165, 1.54) is 5.56 Å². The molecule has 0 atom stereocenters. The van der Waals surface area contributed by atoms with Crippen LogP contribution in [0.1, 0.15) is 11.4 Å². The lowest BCUT2D eigenvalue weighted by molar-refractivity contribution is 0.294. The Balaban J connectivity index is 2.00. The first-order chi connectivity index (χ1) is 9.74. The molecular weight excluding hydrogens is 254 g/mol. The van der Waals surface area contributed by atoms with Crippen molar-refractivity contribution in [3.8, 4) is 11.5 Å². The summed E-state index contributed by atoms with van der Waals surface area (Å²) in [6.07, 6.45) is 4.50. The monoisotopic (exact) mass is 275 g/mol. The van der Waals surface area contributed by atoms with Crippen LogP contribution in [0.2, 0.25) is 0 Å². The quantitative estimate of drug-likeness (QED) is 0.836. The van der Waals surface area contributed by atoms with E-state index in [4.69, 9.17) is 9.47 Å². The highest BCUT2D eigenvalue weighted by molar-refractivity contribution is 5.42. The molecule has 20 heavy (non-hydrogen) atoms. The van der Waals surface area contributed by atoms with E-state index < -0.39 is 0 Å². The minimum atomic E-state index is 0.574. The van der Waals surface area contributed by atoms with E-state index in [0.717, 1.165) is 30.3 Å². The summed E-state index contributed by atoms with van der Waals surface area (Å²) in [7, 11) is 5.56. The molecule has 2 aromatic rings. The lowest BCUT2D eigenvalue weighted by Gasteiger charge is -2.12. The molecule has 1 N–H and O–H groups in total. The van der Waals surface area contributed by atoms with Crippen molar-refractivity contribution in [2.45, 2.75) is 13.0 Å². The summed E-state index contributed by atoms with van der Waals surface area (Å²) in [6, 6.07) is 5.97. The number of rotatable bonds is 7. The third-order valence-electron chi connectivity index (χ3n) is 3.11. The SMILES string of the molecule is CNCc1ccc(OC)c(OCCc2nccn2C)c1. The lowest BCUT2D eigenvalue weighted by atomic mass is 10.2. The zero-order chi connectivity index (χ0) is 14.4. The molecule has 0 bridgehead atoms. The fourth-order valence-electron chi connectivity index (χ4n) is 2.04. The molecule has 2 rings (SSSR count). The summed E-state index contributed by atoms with van der Waals surface area (Å²) < 4.78 is 13.2. The Labute approximate surface area is 119 Å². The number of hydrogen-bond donors (Lipinski definition) is 1. The van der Waals surface area contributed by atoms with Crippen LogP contribution in [0.15, 0.2) is 30.6 Å². The standard InChI is InChI=1S/C15H21N3O2/c1-16-11-12-4-5-13(19-3)14(10-12)20-9-6-15-17-7-8-18(15)2/h4-5,7-8,10,16H,6,9,11H2,1-3H3. The molecule has 108 valence electrons. The van der Waals surface area contributed by atoms with Crippen LogP contribution in [0.25, 0.3) is 0 Å². The van der Waals surface area contributed by atoms with Crippen molar-refractivity contribution < 1.29 is 9.47 Å². The van der Waals surface area contributed by atoms with Crippen molar-refractivity contribution in [3.63, 3.8) is 0 Å². The molecule has 0 saturated heterocycles. The van der Waals surface area contributed by atoms with Crippen LogP contribution < -0.4 is 14.8 Å². The zero-order valence-corrected chi connectivity index (χ0v) is 12.2. The van der Waals surface area contributed by atoms with E-state index in [9.17, 15) is 0 Å². The van der Waals surface area contributed by atoms with Crippen LogP contribution in [0.5, 0.6) is 11.5 Å². The summed E-state index contributed by atoms with van der Waals surface area (Å²) in [5, 5.41) is 3.12. The van der Waals surface area contributed by atoms with Gasteiger partial charge in [0.15, 0.2) is 11.5 Å². The Morgan fingerprint density at radius 2 is 2.15 bits per heavy atom. The van der Waals surface area contributed by atoms with E-state index in [0.29, 0.717) is 6.61 Å². The van der Waals surface area contributed by atoms with Crippen molar-refractivity contribution in [2.24, 2.45) is 7.05 Å². The summed E-state index contributed by atoms with van der Waals surface area (Å²) in [4.78, 5) is 4.28. The first-order valence-electron chi connectivity index (χ1n) is 6.65. The van der Waals surface area contributed by atoms with Gasteiger partial charge in [0, 0.05) is 32.4 Å². The minimum Gasteiger partial charge on any atom is -0.493 e. The third-order valence-corrected chi connectivity index (χ3v) is 3.11. The van der Waals surface area contributed by atoms with Crippen LogP contribution in [0.3, 0.4) is 0 Å². The molecule has 5 heteroatoms. The summed E-state index contributed by atoms with van der Waals surface area (Å²) in [6.45, 7) is 1.38. The van der Waals surface area contributed by atoms with Gasteiger partial charge < -0.3 is 19.4 Å². The first kappa shape index (κ1) is 14.4. The second-order valence-electron chi connectivity index (χ2n) is 4.57. The van der Waals surface area contributed by atoms with Gasteiger partial charge in [-0.25, -0.2) is 4.98 Å². The molecule has 5 nitrogen and oxygen atoms in total. The van der Waals surface area contributed by atoms with E-state index >= 15 is 0 Å². The highest BCUT2D eigenvalue weighted by Gasteiger charge is 2.07. The van der Waals surface area contributed by atoms with E-state index in [-0.39, 0.29) is 0 Å². The molecule has 0 unspecified atom stereocenters. The predicted octanol–water partition coefficient (Wildman–Crippen LogP) is 1.77. The molecule has 0 saturated carbocycles. The minimum absolute atomic E-state index is 0.574. The maximum Gasteiger partial charge on any atom is 0.161 e. The highest BCUT2D eigenvalue weighted by atomic mass is 16.5. The Bertz CT molecular complexity index is 552. The number of nitrogens with zero attached hydrogens (tertiary/aromatic N) is 2. The number of aryl methyl sites for hydroxylation is 1. The van der Waals surface area contributed by atoms with Crippen LogP contribution in [-0.4, -0.2) is 30.3 Å². The zero-order valence-electron chi connectivity index (χ0n) is 12.2. The fraction of sp³-hybridized carbons (Fsp3) is 0.400. The molecule has 0 fully saturated rings. The summed E-state index contributed by atoms with van der Waals surface area (Å²) in [5.74, 6) is 2.54. The third kappa shape index (κ3) is 3.51. The Kier molecular flexibility index (Phi) is 5.01. The van der Waals surface area contributed by atoms with Gasteiger partial charge in [0.25, 0.3) is 0 Å². The normalized spacial score (nSPS) is 10.6. The molecule has 1 aromatic carbocycles. The van der Waals surface area contributed by atoms with Gasteiger partial charge in [0.2, 0.25) is 0 Å². The Morgan fingerprint density at radius 1 is 1.30 bits per heavy atom. The molecule has 0 aliphatic carbocycles. The van der Waals surface area contributed by atoms with Gasteiger partial charge in [0.05, 0.1) is 13.7 Å². The van der Waals surface area contributed by atoms with Gasteiger partial charge in [0.1, 0.15) is 5.82 Å². The summed E-state index contributed by atoms with van der Waals surface area (Å²) >= 11 is 0. The molecule has 1 aromatic heterocycles. The maximum atomic E-state index is 5.84. The van der Waals surface area contributed by atoms with Crippen LogP contribution in [0, 0.1) is 0 Å². The molecule has 1 heterocycles. The van der Waals surface area contributed by atoms with Crippen LogP contribution in [-0.2, 0) is 20.0 Å². The first-order valence-corrected chi connectivity index (χ1v) is 6.65. The molecule has 0 aliphatic heterocycles. The number of imidazole rings is 1. The lowest BCUT2D eigenvalue weighted by Crippen LogP contribution is -2.08.